The van der Waals surface area contributed by atoms with Crippen LogP contribution >= 0.6 is 0 Å². The van der Waals surface area contributed by atoms with Gasteiger partial charge in [-0.25, -0.2) is 15.0 Å². The third-order valence-corrected chi connectivity index (χ3v) is 5.55. The Morgan fingerprint density at radius 2 is 1.00 bits per heavy atom. The van der Waals surface area contributed by atoms with Crippen molar-refractivity contribution >= 4 is 11.1 Å². The highest BCUT2D eigenvalue weighted by atomic mass is 16.3. The van der Waals surface area contributed by atoms with Crippen LogP contribution in [-0.2, 0) is 0 Å². The molecule has 6 rings (SSSR count). The van der Waals surface area contributed by atoms with E-state index in [1.807, 2.05) is 91.0 Å². The van der Waals surface area contributed by atoms with Gasteiger partial charge in [0.25, 0.3) is 0 Å². The molecule has 0 aliphatic heterocycles. The molecule has 0 fully saturated rings. The van der Waals surface area contributed by atoms with Crippen molar-refractivity contribution in [3.63, 3.8) is 0 Å². The van der Waals surface area contributed by atoms with E-state index in [9.17, 15) is 0 Å². The lowest BCUT2D eigenvalue weighted by Crippen LogP contribution is -1.95. The maximum atomic E-state index is 5.91. The van der Waals surface area contributed by atoms with Crippen molar-refractivity contribution in [2.75, 3.05) is 0 Å². The molecule has 0 radical (unpaired) electrons. The van der Waals surface area contributed by atoms with Gasteiger partial charge in [0.05, 0.1) is 11.4 Å². The molecule has 0 N–H and O–H groups in total. The molecule has 0 spiro atoms. The summed E-state index contributed by atoms with van der Waals surface area (Å²) in [7, 11) is 0. The average Bonchev–Trinajstić information content (AvgIpc) is 3.34. The highest BCUT2D eigenvalue weighted by Gasteiger charge is 2.12. The Morgan fingerprint density at radius 1 is 0.455 bits per heavy atom. The molecular formula is C29H19N3O. The first-order valence-electron chi connectivity index (χ1n) is 10.8. The highest BCUT2D eigenvalue weighted by Crippen LogP contribution is 2.29. The quantitative estimate of drug-likeness (QED) is 0.298. The van der Waals surface area contributed by atoms with E-state index in [2.05, 4.69) is 29.2 Å². The molecule has 0 aliphatic carbocycles. The monoisotopic (exact) mass is 425 g/mol. The van der Waals surface area contributed by atoms with Crippen LogP contribution in [0.15, 0.2) is 120 Å². The van der Waals surface area contributed by atoms with Gasteiger partial charge < -0.3 is 4.42 Å². The van der Waals surface area contributed by atoms with Crippen LogP contribution in [0.2, 0.25) is 0 Å². The average molecular weight is 425 g/mol. The third kappa shape index (κ3) is 3.79. The lowest BCUT2D eigenvalue weighted by Gasteiger charge is -2.09. The molecule has 0 atom stereocenters. The van der Waals surface area contributed by atoms with Crippen molar-refractivity contribution in [2.24, 2.45) is 0 Å². The van der Waals surface area contributed by atoms with Gasteiger partial charge in [-0.15, -0.1) is 0 Å². The Balaban J connectivity index is 1.43. The molecule has 0 saturated carbocycles. The van der Waals surface area contributed by atoms with Gasteiger partial charge in [-0.2, -0.15) is 0 Å². The van der Waals surface area contributed by atoms with E-state index >= 15 is 0 Å². The molecule has 0 bridgehead atoms. The van der Waals surface area contributed by atoms with Crippen LogP contribution in [0, 0.1) is 0 Å². The Hall–Kier alpha value is -4.57. The maximum absolute atomic E-state index is 5.91. The zero-order valence-electron chi connectivity index (χ0n) is 17.7. The van der Waals surface area contributed by atoms with E-state index in [0.29, 0.717) is 11.7 Å². The van der Waals surface area contributed by atoms with E-state index in [-0.39, 0.29) is 0 Å². The normalized spacial score (nSPS) is 11.0. The number of hydrogen-bond donors (Lipinski definition) is 0. The Bertz CT molecular complexity index is 1450. The van der Waals surface area contributed by atoms with E-state index < -0.39 is 0 Å². The summed E-state index contributed by atoms with van der Waals surface area (Å²) < 4.78 is 5.91. The van der Waals surface area contributed by atoms with Gasteiger partial charge in [0.15, 0.2) is 11.4 Å². The first-order valence-corrected chi connectivity index (χ1v) is 10.8. The molecule has 0 saturated heterocycles. The van der Waals surface area contributed by atoms with Crippen molar-refractivity contribution in [1.82, 2.24) is 15.0 Å². The summed E-state index contributed by atoms with van der Waals surface area (Å²) in [5, 5.41) is 0. The molecule has 2 heterocycles. The minimum Gasteiger partial charge on any atom is -0.436 e. The summed E-state index contributed by atoms with van der Waals surface area (Å²) in [6.07, 6.45) is 0. The van der Waals surface area contributed by atoms with Crippen molar-refractivity contribution in [3.8, 4) is 45.4 Å². The van der Waals surface area contributed by atoms with Gasteiger partial charge in [-0.3, -0.25) is 0 Å². The summed E-state index contributed by atoms with van der Waals surface area (Å²) >= 11 is 0. The van der Waals surface area contributed by atoms with Crippen LogP contribution in [0.3, 0.4) is 0 Å². The highest BCUT2D eigenvalue weighted by molar-refractivity contribution is 5.77. The van der Waals surface area contributed by atoms with E-state index in [1.54, 1.807) is 0 Å². The fourth-order valence-electron chi connectivity index (χ4n) is 3.85. The Kier molecular flexibility index (Phi) is 4.74. The summed E-state index contributed by atoms with van der Waals surface area (Å²) in [6, 6.07) is 38.2. The predicted octanol–water partition coefficient (Wildman–Crippen LogP) is 7.29. The minimum atomic E-state index is 0.603. The molecular weight excluding hydrogens is 406 g/mol. The van der Waals surface area contributed by atoms with Crippen molar-refractivity contribution < 1.29 is 4.42 Å². The lowest BCUT2D eigenvalue weighted by atomic mass is 10.1. The summed E-state index contributed by atoms with van der Waals surface area (Å²) in [6.45, 7) is 0. The van der Waals surface area contributed by atoms with Crippen molar-refractivity contribution in [3.05, 3.63) is 115 Å². The fraction of sp³-hybridized carbons (Fsp3) is 0. The number of rotatable bonds is 4. The van der Waals surface area contributed by atoms with Crippen LogP contribution in [0.5, 0.6) is 0 Å². The third-order valence-electron chi connectivity index (χ3n) is 5.55. The lowest BCUT2D eigenvalue weighted by molar-refractivity contribution is 0.620. The van der Waals surface area contributed by atoms with Crippen LogP contribution in [-0.4, -0.2) is 15.0 Å². The van der Waals surface area contributed by atoms with Gasteiger partial charge in [0, 0.05) is 22.3 Å². The standard InChI is InChI=1S/C29H19N3O/c1-3-9-20(10-4-1)25-19-26(21-11-5-2-6-12-21)31-28(30-25)22-15-17-23(18-16-22)29-32-24-13-7-8-14-27(24)33-29/h1-19H. The molecule has 6 aromatic rings. The molecule has 0 amide bonds. The summed E-state index contributed by atoms with van der Waals surface area (Å²) in [5.74, 6) is 1.28. The zero-order chi connectivity index (χ0) is 22.0. The fourth-order valence-corrected chi connectivity index (χ4v) is 3.85. The molecule has 0 aliphatic rings. The zero-order valence-corrected chi connectivity index (χ0v) is 17.7. The predicted molar refractivity (Wildman–Crippen MR) is 131 cm³/mol. The minimum absolute atomic E-state index is 0.603. The molecule has 4 heteroatoms. The number of oxazole rings is 1. The van der Waals surface area contributed by atoms with Crippen LogP contribution in [0.25, 0.3) is 56.5 Å². The number of para-hydroxylation sites is 2. The molecule has 156 valence electrons. The van der Waals surface area contributed by atoms with Crippen LogP contribution in [0.4, 0.5) is 0 Å². The second kappa shape index (κ2) is 8.17. The van der Waals surface area contributed by atoms with E-state index in [4.69, 9.17) is 14.4 Å². The number of fused-ring (bicyclic) bond motifs is 1. The number of aromatic nitrogens is 3. The van der Waals surface area contributed by atoms with Gasteiger partial charge in [-0.1, -0.05) is 84.9 Å². The van der Waals surface area contributed by atoms with Crippen molar-refractivity contribution in [1.29, 1.82) is 0 Å². The number of nitrogens with zero attached hydrogens (tertiary/aromatic N) is 3. The number of hydrogen-bond acceptors (Lipinski definition) is 4. The van der Waals surface area contributed by atoms with E-state index in [1.165, 1.54) is 0 Å². The molecule has 4 aromatic carbocycles. The Morgan fingerprint density at radius 3 is 1.61 bits per heavy atom. The second-order valence-electron chi connectivity index (χ2n) is 7.76. The Labute approximate surface area is 191 Å². The smallest absolute Gasteiger partial charge is 0.227 e. The van der Waals surface area contributed by atoms with Crippen LogP contribution < -0.4 is 0 Å². The van der Waals surface area contributed by atoms with Gasteiger partial charge >= 0.3 is 0 Å². The van der Waals surface area contributed by atoms with Gasteiger partial charge in [-0.05, 0) is 30.3 Å². The molecule has 33 heavy (non-hydrogen) atoms. The molecule has 4 nitrogen and oxygen atoms in total. The van der Waals surface area contributed by atoms with E-state index in [0.717, 1.165) is 44.7 Å². The van der Waals surface area contributed by atoms with Gasteiger partial charge in [0.2, 0.25) is 5.89 Å². The second-order valence-corrected chi connectivity index (χ2v) is 7.76. The summed E-state index contributed by atoms with van der Waals surface area (Å²) in [5.41, 5.74) is 7.38. The number of benzene rings is 4. The molecule has 0 unspecified atom stereocenters. The largest absolute Gasteiger partial charge is 0.436 e. The maximum Gasteiger partial charge on any atom is 0.227 e. The van der Waals surface area contributed by atoms with Gasteiger partial charge in [0.1, 0.15) is 5.52 Å². The van der Waals surface area contributed by atoms with Crippen LogP contribution in [0.1, 0.15) is 0 Å². The summed E-state index contributed by atoms with van der Waals surface area (Å²) in [4.78, 5) is 14.4. The SMILES string of the molecule is c1ccc(-c2cc(-c3ccccc3)nc(-c3ccc(-c4nc5ccccc5o4)cc3)n2)cc1. The van der Waals surface area contributed by atoms with Crippen molar-refractivity contribution in [2.45, 2.75) is 0 Å². The first-order chi connectivity index (χ1) is 16.3. The first kappa shape index (κ1) is 19.1. The molecule has 2 aromatic heterocycles. The topological polar surface area (TPSA) is 51.8 Å².